The number of hydrogen-bond donors (Lipinski definition) is 0. The van der Waals surface area contributed by atoms with Crippen molar-refractivity contribution in [3.05, 3.63) is 25.3 Å². The molecule has 2 aromatic rings. The predicted molar refractivity (Wildman–Crippen MR) is 77.0 cm³/mol. The first-order chi connectivity index (χ1) is 9.95. The summed E-state index contributed by atoms with van der Waals surface area (Å²) in [6.45, 7) is 2.00. The fourth-order valence-electron chi connectivity index (χ4n) is 2.30. The van der Waals surface area contributed by atoms with Gasteiger partial charge >= 0.3 is 0 Å². The molecule has 0 spiro atoms. The van der Waals surface area contributed by atoms with Crippen LogP contribution in [0.1, 0.15) is 51.4 Å². The summed E-state index contributed by atoms with van der Waals surface area (Å²) in [6.07, 6.45) is 17.1. The van der Waals surface area contributed by atoms with E-state index in [0.29, 0.717) is 0 Å². The molecule has 0 aromatic carbocycles. The van der Waals surface area contributed by atoms with Gasteiger partial charge in [-0.2, -0.15) is 10.2 Å². The summed E-state index contributed by atoms with van der Waals surface area (Å²) in [5.74, 6) is 0. The zero-order valence-corrected chi connectivity index (χ0v) is 12.1. The lowest BCUT2D eigenvalue weighted by molar-refractivity contribution is 0.502. The molecule has 6 nitrogen and oxygen atoms in total. The van der Waals surface area contributed by atoms with E-state index in [9.17, 15) is 0 Å². The van der Waals surface area contributed by atoms with Crippen molar-refractivity contribution < 1.29 is 0 Å². The highest BCUT2D eigenvalue weighted by Gasteiger charge is 1.95. The van der Waals surface area contributed by atoms with E-state index in [2.05, 4.69) is 20.2 Å². The highest BCUT2D eigenvalue weighted by Crippen LogP contribution is 2.09. The van der Waals surface area contributed by atoms with Crippen molar-refractivity contribution in [2.45, 2.75) is 64.5 Å². The number of aromatic nitrogens is 6. The smallest absolute Gasteiger partial charge is 0.137 e. The Hall–Kier alpha value is -1.72. The molecule has 0 bridgehead atoms. The second kappa shape index (κ2) is 9.23. The molecule has 0 saturated carbocycles. The van der Waals surface area contributed by atoms with Crippen LogP contribution in [0.3, 0.4) is 0 Å². The molecule has 0 fully saturated rings. The third kappa shape index (κ3) is 5.95. The van der Waals surface area contributed by atoms with E-state index in [0.717, 1.165) is 13.1 Å². The van der Waals surface area contributed by atoms with Gasteiger partial charge < -0.3 is 0 Å². The molecular weight excluding hydrogens is 252 g/mol. The molecule has 2 rings (SSSR count). The van der Waals surface area contributed by atoms with Crippen LogP contribution in [0.15, 0.2) is 25.3 Å². The van der Waals surface area contributed by atoms with Gasteiger partial charge in [0.2, 0.25) is 0 Å². The van der Waals surface area contributed by atoms with Gasteiger partial charge in [-0.3, -0.25) is 9.36 Å². The zero-order chi connectivity index (χ0) is 13.9. The van der Waals surface area contributed by atoms with Crippen molar-refractivity contribution in [1.82, 2.24) is 29.5 Å². The van der Waals surface area contributed by atoms with Gasteiger partial charge in [0, 0.05) is 13.1 Å². The van der Waals surface area contributed by atoms with Crippen molar-refractivity contribution in [2.24, 2.45) is 0 Å². The Morgan fingerprint density at radius 2 is 0.950 bits per heavy atom. The van der Waals surface area contributed by atoms with Crippen LogP contribution in [0.2, 0.25) is 0 Å². The highest BCUT2D eigenvalue weighted by atomic mass is 15.3. The van der Waals surface area contributed by atoms with E-state index >= 15 is 0 Å². The standard InChI is InChI=1S/C14H24N6/c1(3-5-7-9-19-13-15-11-17-19)2-4-6-8-10-20-14-16-12-18-20/h11-14H,1-10H2. The van der Waals surface area contributed by atoms with Crippen molar-refractivity contribution in [3.8, 4) is 0 Å². The van der Waals surface area contributed by atoms with Gasteiger partial charge in [0.25, 0.3) is 0 Å². The van der Waals surface area contributed by atoms with Crippen LogP contribution in [0.5, 0.6) is 0 Å². The molecule has 0 radical (unpaired) electrons. The average molecular weight is 276 g/mol. The summed E-state index contributed by atoms with van der Waals surface area (Å²) in [5.41, 5.74) is 0. The maximum Gasteiger partial charge on any atom is 0.137 e. The number of nitrogens with zero attached hydrogens (tertiary/aromatic N) is 6. The molecular formula is C14H24N6. The van der Waals surface area contributed by atoms with Crippen LogP contribution in [0.25, 0.3) is 0 Å². The molecule has 20 heavy (non-hydrogen) atoms. The van der Waals surface area contributed by atoms with Crippen LogP contribution in [0.4, 0.5) is 0 Å². The lowest BCUT2D eigenvalue weighted by Gasteiger charge is -2.03. The minimum absolute atomic E-state index is 0.998. The molecule has 0 unspecified atom stereocenters. The molecule has 0 aliphatic heterocycles. The Morgan fingerprint density at radius 1 is 0.550 bits per heavy atom. The van der Waals surface area contributed by atoms with E-state index in [-0.39, 0.29) is 0 Å². The summed E-state index contributed by atoms with van der Waals surface area (Å²) in [7, 11) is 0. The van der Waals surface area contributed by atoms with Crippen LogP contribution >= 0.6 is 0 Å². The first-order valence-corrected chi connectivity index (χ1v) is 7.60. The van der Waals surface area contributed by atoms with Gasteiger partial charge in [-0.05, 0) is 12.8 Å². The van der Waals surface area contributed by atoms with Gasteiger partial charge in [-0.25, -0.2) is 9.97 Å². The first kappa shape index (κ1) is 14.7. The van der Waals surface area contributed by atoms with E-state index < -0.39 is 0 Å². The summed E-state index contributed by atoms with van der Waals surface area (Å²) in [4.78, 5) is 7.88. The number of aryl methyl sites for hydroxylation is 2. The summed E-state index contributed by atoms with van der Waals surface area (Å²) in [6, 6.07) is 0. The van der Waals surface area contributed by atoms with Crippen molar-refractivity contribution in [2.75, 3.05) is 0 Å². The number of hydrogen-bond acceptors (Lipinski definition) is 4. The van der Waals surface area contributed by atoms with Gasteiger partial charge in [0.1, 0.15) is 25.3 Å². The van der Waals surface area contributed by atoms with Crippen LogP contribution in [0, 0.1) is 0 Å². The minimum atomic E-state index is 0.998. The third-order valence-corrected chi connectivity index (χ3v) is 3.46. The lowest BCUT2D eigenvalue weighted by atomic mass is 10.1. The lowest BCUT2D eigenvalue weighted by Crippen LogP contribution is -1.98. The predicted octanol–water partition coefficient (Wildman–Crippen LogP) is 2.69. The molecule has 0 saturated heterocycles. The maximum atomic E-state index is 4.10. The van der Waals surface area contributed by atoms with Crippen molar-refractivity contribution >= 4 is 0 Å². The molecule has 2 aromatic heterocycles. The van der Waals surface area contributed by atoms with Crippen LogP contribution in [-0.2, 0) is 13.1 Å². The fourth-order valence-corrected chi connectivity index (χ4v) is 2.30. The van der Waals surface area contributed by atoms with E-state index in [1.807, 2.05) is 9.36 Å². The Labute approximate surface area is 120 Å². The average Bonchev–Trinajstić information content (AvgIpc) is 3.14. The quantitative estimate of drug-likeness (QED) is 0.592. The second-order valence-electron chi connectivity index (χ2n) is 5.15. The minimum Gasteiger partial charge on any atom is -0.253 e. The van der Waals surface area contributed by atoms with Crippen molar-refractivity contribution in [3.63, 3.8) is 0 Å². The molecule has 0 aliphatic rings. The molecule has 6 heteroatoms. The monoisotopic (exact) mass is 276 g/mol. The van der Waals surface area contributed by atoms with E-state index in [1.165, 1.54) is 51.4 Å². The Kier molecular flexibility index (Phi) is 6.77. The van der Waals surface area contributed by atoms with Gasteiger partial charge in [0.15, 0.2) is 0 Å². The SMILES string of the molecule is c1ncn(CCCCCCCCCCn2cncn2)n1. The Bertz CT molecular complexity index is 380. The molecule has 0 aliphatic carbocycles. The topological polar surface area (TPSA) is 61.4 Å². The normalized spacial score (nSPS) is 11.0. The maximum absolute atomic E-state index is 4.10. The fraction of sp³-hybridized carbons (Fsp3) is 0.714. The summed E-state index contributed by atoms with van der Waals surface area (Å²) >= 11 is 0. The van der Waals surface area contributed by atoms with E-state index in [4.69, 9.17) is 0 Å². The molecule has 0 atom stereocenters. The largest absolute Gasteiger partial charge is 0.253 e. The number of unbranched alkanes of at least 4 members (excludes halogenated alkanes) is 7. The summed E-state index contributed by atoms with van der Waals surface area (Å²) < 4.78 is 3.81. The van der Waals surface area contributed by atoms with Crippen LogP contribution in [-0.4, -0.2) is 29.5 Å². The molecule has 110 valence electrons. The van der Waals surface area contributed by atoms with E-state index in [1.54, 1.807) is 25.3 Å². The van der Waals surface area contributed by atoms with Crippen LogP contribution < -0.4 is 0 Å². The molecule has 2 heterocycles. The molecule has 0 amide bonds. The van der Waals surface area contributed by atoms with Crippen molar-refractivity contribution in [1.29, 1.82) is 0 Å². The second-order valence-corrected chi connectivity index (χ2v) is 5.15. The number of rotatable bonds is 11. The molecule has 0 N–H and O–H groups in total. The zero-order valence-electron chi connectivity index (χ0n) is 12.1. The van der Waals surface area contributed by atoms with Gasteiger partial charge in [-0.15, -0.1) is 0 Å². The highest BCUT2D eigenvalue weighted by molar-refractivity contribution is 4.57. The summed E-state index contributed by atoms with van der Waals surface area (Å²) in [5, 5.41) is 8.20. The first-order valence-electron chi connectivity index (χ1n) is 7.60. The Morgan fingerprint density at radius 3 is 1.30 bits per heavy atom. The van der Waals surface area contributed by atoms with Gasteiger partial charge in [0.05, 0.1) is 0 Å². The van der Waals surface area contributed by atoms with Gasteiger partial charge in [-0.1, -0.05) is 38.5 Å². The Balaban J connectivity index is 1.33. The third-order valence-electron chi connectivity index (χ3n) is 3.46.